The van der Waals surface area contributed by atoms with E-state index in [1.54, 1.807) is 24.3 Å². The molecule has 0 saturated carbocycles. The maximum atomic E-state index is 12.7. The maximum absolute atomic E-state index is 12.7. The summed E-state index contributed by atoms with van der Waals surface area (Å²) in [6.07, 6.45) is 0.640. The van der Waals surface area contributed by atoms with Crippen molar-refractivity contribution in [2.75, 3.05) is 7.05 Å². The number of aromatic nitrogens is 2. The highest BCUT2D eigenvalue weighted by atomic mass is 32.2. The second-order valence-corrected chi connectivity index (χ2v) is 7.65. The first kappa shape index (κ1) is 17.3. The fourth-order valence-corrected chi connectivity index (χ4v) is 3.52. The lowest BCUT2D eigenvalue weighted by atomic mass is 10.1. The van der Waals surface area contributed by atoms with Crippen LogP contribution in [0, 0.1) is 0 Å². The first-order valence-corrected chi connectivity index (χ1v) is 9.38. The van der Waals surface area contributed by atoms with Gasteiger partial charge in [-0.25, -0.2) is 8.42 Å². The third-order valence-corrected chi connectivity index (χ3v) is 5.67. The third-order valence-electron chi connectivity index (χ3n) is 3.85. The molecule has 1 aromatic heterocycles. The standard InChI is InChI=1S/C18H19N3O3S/c1-3-17-19-18(24-20-17)13-21(2)25(22,23)16-11-9-15(10-12-16)14-7-5-4-6-8-14/h4-12H,3,13H2,1-2H3. The SMILES string of the molecule is CCc1noc(CN(C)S(=O)(=O)c2ccc(-c3ccccc3)cc2)n1. The van der Waals surface area contributed by atoms with E-state index in [0.29, 0.717) is 12.2 Å². The van der Waals surface area contributed by atoms with Crippen molar-refractivity contribution < 1.29 is 12.9 Å². The minimum Gasteiger partial charge on any atom is -0.338 e. The molecular weight excluding hydrogens is 338 g/mol. The van der Waals surface area contributed by atoms with Crippen LogP contribution in [0.1, 0.15) is 18.6 Å². The second kappa shape index (κ2) is 7.16. The molecule has 6 nitrogen and oxygen atoms in total. The van der Waals surface area contributed by atoms with Crippen molar-refractivity contribution in [3.05, 3.63) is 66.3 Å². The summed E-state index contributed by atoms with van der Waals surface area (Å²) >= 11 is 0. The Hall–Kier alpha value is -2.51. The first-order valence-electron chi connectivity index (χ1n) is 7.94. The van der Waals surface area contributed by atoms with E-state index in [-0.39, 0.29) is 17.3 Å². The monoisotopic (exact) mass is 357 g/mol. The van der Waals surface area contributed by atoms with Crippen molar-refractivity contribution in [3.63, 3.8) is 0 Å². The summed E-state index contributed by atoms with van der Waals surface area (Å²) in [4.78, 5) is 4.37. The van der Waals surface area contributed by atoms with Gasteiger partial charge < -0.3 is 4.52 Å². The molecule has 3 aromatic rings. The number of nitrogens with zero attached hydrogens (tertiary/aromatic N) is 3. The average Bonchev–Trinajstić information content (AvgIpc) is 3.10. The molecule has 0 N–H and O–H groups in total. The lowest BCUT2D eigenvalue weighted by molar-refractivity contribution is 0.334. The van der Waals surface area contributed by atoms with Crippen molar-refractivity contribution in [1.82, 2.24) is 14.4 Å². The number of hydrogen-bond donors (Lipinski definition) is 0. The van der Waals surface area contributed by atoms with Gasteiger partial charge >= 0.3 is 0 Å². The topological polar surface area (TPSA) is 76.3 Å². The van der Waals surface area contributed by atoms with Crippen LogP contribution in [-0.2, 0) is 23.0 Å². The Morgan fingerprint density at radius 3 is 2.24 bits per heavy atom. The van der Waals surface area contributed by atoms with Gasteiger partial charge in [-0.1, -0.05) is 54.5 Å². The number of hydrogen-bond acceptors (Lipinski definition) is 5. The molecule has 0 aliphatic carbocycles. The minimum absolute atomic E-state index is 0.0375. The molecule has 0 aliphatic heterocycles. The highest BCUT2D eigenvalue weighted by Gasteiger charge is 2.23. The van der Waals surface area contributed by atoms with Crippen molar-refractivity contribution in [3.8, 4) is 11.1 Å². The van der Waals surface area contributed by atoms with Crippen molar-refractivity contribution in [1.29, 1.82) is 0 Å². The van der Waals surface area contributed by atoms with Gasteiger partial charge in [0, 0.05) is 13.5 Å². The fourth-order valence-electron chi connectivity index (χ4n) is 2.40. The molecular formula is C18H19N3O3S. The minimum atomic E-state index is -3.63. The quantitative estimate of drug-likeness (QED) is 0.677. The Bertz CT molecular complexity index is 935. The molecule has 0 saturated heterocycles. The summed E-state index contributed by atoms with van der Waals surface area (Å²) in [5, 5.41) is 3.78. The van der Waals surface area contributed by atoms with E-state index in [9.17, 15) is 8.42 Å². The number of aryl methyl sites for hydroxylation is 1. The largest absolute Gasteiger partial charge is 0.338 e. The molecule has 0 aliphatic rings. The smallest absolute Gasteiger partial charge is 0.243 e. The zero-order valence-corrected chi connectivity index (χ0v) is 14.9. The van der Waals surface area contributed by atoms with E-state index < -0.39 is 10.0 Å². The fraction of sp³-hybridized carbons (Fsp3) is 0.222. The summed E-state index contributed by atoms with van der Waals surface area (Å²) in [6, 6.07) is 16.6. The van der Waals surface area contributed by atoms with Gasteiger partial charge in [-0.2, -0.15) is 9.29 Å². The first-order chi connectivity index (χ1) is 12.0. The van der Waals surface area contributed by atoms with Gasteiger partial charge in [-0.3, -0.25) is 0 Å². The van der Waals surface area contributed by atoms with Crippen LogP contribution in [0.25, 0.3) is 11.1 Å². The van der Waals surface area contributed by atoms with Crippen LogP contribution in [0.5, 0.6) is 0 Å². The zero-order valence-electron chi connectivity index (χ0n) is 14.1. The third kappa shape index (κ3) is 3.78. The van der Waals surface area contributed by atoms with Gasteiger partial charge in [0.05, 0.1) is 11.4 Å². The van der Waals surface area contributed by atoms with Gasteiger partial charge in [0.2, 0.25) is 15.9 Å². The van der Waals surface area contributed by atoms with Crippen molar-refractivity contribution >= 4 is 10.0 Å². The highest BCUT2D eigenvalue weighted by molar-refractivity contribution is 7.89. The molecule has 25 heavy (non-hydrogen) atoms. The summed E-state index contributed by atoms with van der Waals surface area (Å²) in [5.41, 5.74) is 2.00. The molecule has 7 heteroatoms. The predicted molar refractivity (Wildman–Crippen MR) is 94.2 cm³/mol. The average molecular weight is 357 g/mol. The Balaban J connectivity index is 1.79. The zero-order chi connectivity index (χ0) is 17.9. The second-order valence-electron chi connectivity index (χ2n) is 5.61. The molecule has 3 rings (SSSR count). The molecule has 0 spiro atoms. The van der Waals surface area contributed by atoms with Crippen LogP contribution >= 0.6 is 0 Å². The number of sulfonamides is 1. The number of rotatable bonds is 6. The Morgan fingerprint density at radius 1 is 1.00 bits per heavy atom. The summed E-state index contributed by atoms with van der Waals surface area (Å²) in [6.45, 7) is 1.94. The molecule has 0 bridgehead atoms. The van der Waals surface area contributed by atoms with Gasteiger partial charge in [0.25, 0.3) is 0 Å². The van der Waals surface area contributed by atoms with Crippen molar-refractivity contribution in [2.24, 2.45) is 0 Å². The Kier molecular flexibility index (Phi) is 4.96. The van der Waals surface area contributed by atoms with E-state index in [1.807, 2.05) is 37.3 Å². The van der Waals surface area contributed by atoms with Crippen LogP contribution in [0.15, 0.2) is 64.0 Å². The van der Waals surface area contributed by atoms with Gasteiger partial charge in [0.1, 0.15) is 0 Å². The molecule has 130 valence electrons. The Labute approximate surface area is 147 Å². The summed E-state index contributed by atoms with van der Waals surface area (Å²) in [7, 11) is -2.13. The van der Waals surface area contributed by atoms with Crippen LogP contribution in [-0.4, -0.2) is 29.9 Å². The summed E-state index contributed by atoms with van der Waals surface area (Å²) in [5.74, 6) is 0.844. The van der Waals surface area contributed by atoms with E-state index in [0.717, 1.165) is 11.1 Å². The van der Waals surface area contributed by atoms with E-state index in [1.165, 1.54) is 11.4 Å². The Morgan fingerprint density at radius 2 is 1.64 bits per heavy atom. The molecule has 0 unspecified atom stereocenters. The van der Waals surface area contributed by atoms with Crippen LogP contribution in [0.4, 0.5) is 0 Å². The predicted octanol–water partition coefficient (Wildman–Crippen LogP) is 3.12. The lowest BCUT2D eigenvalue weighted by Crippen LogP contribution is -2.26. The summed E-state index contributed by atoms with van der Waals surface area (Å²) < 4.78 is 31.7. The highest BCUT2D eigenvalue weighted by Crippen LogP contribution is 2.23. The lowest BCUT2D eigenvalue weighted by Gasteiger charge is -2.15. The normalized spacial score (nSPS) is 11.8. The molecule has 2 aromatic carbocycles. The van der Waals surface area contributed by atoms with Crippen LogP contribution in [0.3, 0.4) is 0 Å². The van der Waals surface area contributed by atoms with E-state index in [2.05, 4.69) is 10.1 Å². The van der Waals surface area contributed by atoms with E-state index in [4.69, 9.17) is 4.52 Å². The van der Waals surface area contributed by atoms with Gasteiger partial charge in [0.15, 0.2) is 5.82 Å². The van der Waals surface area contributed by atoms with E-state index >= 15 is 0 Å². The molecule has 0 amide bonds. The van der Waals surface area contributed by atoms with Crippen molar-refractivity contribution in [2.45, 2.75) is 24.8 Å². The number of benzene rings is 2. The van der Waals surface area contributed by atoms with Gasteiger partial charge in [-0.15, -0.1) is 0 Å². The molecule has 0 fully saturated rings. The molecule has 0 atom stereocenters. The maximum Gasteiger partial charge on any atom is 0.243 e. The molecule has 1 heterocycles. The molecule has 0 radical (unpaired) electrons. The van der Waals surface area contributed by atoms with Crippen LogP contribution in [0.2, 0.25) is 0 Å². The van der Waals surface area contributed by atoms with Crippen LogP contribution < -0.4 is 0 Å². The van der Waals surface area contributed by atoms with Gasteiger partial charge in [-0.05, 0) is 23.3 Å².